The smallest absolute Gasteiger partial charge is 0.315 e. The van der Waals surface area contributed by atoms with Crippen LogP contribution in [-0.4, -0.2) is 42.1 Å². The molecule has 1 saturated heterocycles. The summed E-state index contributed by atoms with van der Waals surface area (Å²) in [5, 5.41) is 5.98. The maximum absolute atomic E-state index is 11.7. The number of amides is 2. The van der Waals surface area contributed by atoms with Gasteiger partial charge in [-0.3, -0.25) is 4.90 Å². The average Bonchev–Trinajstić information content (AvgIpc) is 2.77. The highest BCUT2D eigenvalue weighted by Crippen LogP contribution is 2.25. The summed E-state index contributed by atoms with van der Waals surface area (Å²) in [7, 11) is 0. The van der Waals surface area contributed by atoms with Gasteiger partial charge in [0.1, 0.15) is 0 Å². The van der Waals surface area contributed by atoms with Gasteiger partial charge in [0.05, 0.1) is 0 Å². The zero-order chi connectivity index (χ0) is 13.0. The molecule has 0 unspecified atom stereocenters. The molecule has 2 fully saturated rings. The van der Waals surface area contributed by atoms with Crippen LogP contribution in [0.1, 0.15) is 52.4 Å². The summed E-state index contributed by atoms with van der Waals surface area (Å²) in [4.78, 5) is 14.2. The fourth-order valence-corrected chi connectivity index (χ4v) is 3.17. The van der Waals surface area contributed by atoms with Crippen LogP contribution in [-0.2, 0) is 0 Å². The largest absolute Gasteiger partial charge is 0.336 e. The van der Waals surface area contributed by atoms with Crippen LogP contribution < -0.4 is 10.6 Å². The van der Waals surface area contributed by atoms with Gasteiger partial charge in [0.2, 0.25) is 0 Å². The van der Waals surface area contributed by atoms with Crippen molar-refractivity contribution in [2.75, 3.05) is 13.1 Å². The third-order valence-electron chi connectivity index (χ3n) is 4.07. The Hall–Kier alpha value is -0.770. The van der Waals surface area contributed by atoms with Crippen molar-refractivity contribution in [2.24, 2.45) is 0 Å². The first-order chi connectivity index (χ1) is 8.65. The van der Waals surface area contributed by atoms with Crippen molar-refractivity contribution in [1.29, 1.82) is 0 Å². The van der Waals surface area contributed by atoms with Gasteiger partial charge in [-0.05, 0) is 33.1 Å². The molecule has 2 aliphatic rings. The fourth-order valence-electron chi connectivity index (χ4n) is 3.17. The van der Waals surface area contributed by atoms with E-state index in [9.17, 15) is 4.79 Å². The van der Waals surface area contributed by atoms with Gasteiger partial charge < -0.3 is 10.6 Å². The van der Waals surface area contributed by atoms with E-state index in [1.54, 1.807) is 0 Å². The fraction of sp³-hybridized carbons (Fsp3) is 0.929. The van der Waals surface area contributed by atoms with Gasteiger partial charge in [0.25, 0.3) is 0 Å². The van der Waals surface area contributed by atoms with E-state index in [0.717, 1.165) is 25.6 Å². The third-order valence-corrected chi connectivity index (χ3v) is 4.07. The van der Waals surface area contributed by atoms with Gasteiger partial charge in [-0.2, -0.15) is 0 Å². The quantitative estimate of drug-likeness (QED) is 0.809. The van der Waals surface area contributed by atoms with Crippen molar-refractivity contribution < 1.29 is 4.79 Å². The van der Waals surface area contributed by atoms with Crippen molar-refractivity contribution in [3.8, 4) is 0 Å². The molecule has 2 rings (SSSR count). The minimum atomic E-state index is -0.0134. The Kier molecular flexibility index (Phi) is 4.87. The number of rotatable bonds is 3. The summed E-state index contributed by atoms with van der Waals surface area (Å²) in [6.45, 7) is 6.17. The molecule has 1 aliphatic carbocycles. The summed E-state index contributed by atoms with van der Waals surface area (Å²) in [6, 6.07) is 1.31. The van der Waals surface area contributed by atoms with Crippen LogP contribution in [0.3, 0.4) is 0 Å². The number of urea groups is 1. The highest BCUT2D eigenvalue weighted by molar-refractivity contribution is 5.74. The van der Waals surface area contributed by atoms with Crippen LogP contribution in [0.2, 0.25) is 0 Å². The predicted octanol–water partition coefficient (Wildman–Crippen LogP) is 2.10. The molecule has 18 heavy (non-hydrogen) atoms. The monoisotopic (exact) mass is 253 g/mol. The van der Waals surface area contributed by atoms with Gasteiger partial charge in [-0.15, -0.1) is 0 Å². The Bertz CT molecular complexity index is 274. The first kappa shape index (κ1) is 13.7. The Balaban J connectivity index is 1.72. The van der Waals surface area contributed by atoms with Crippen LogP contribution in [0.4, 0.5) is 4.79 Å². The number of nitrogens with one attached hydrogen (secondary N) is 2. The Labute approximate surface area is 110 Å². The molecule has 0 bridgehead atoms. The molecule has 4 nitrogen and oxygen atoms in total. The Morgan fingerprint density at radius 2 is 1.89 bits per heavy atom. The number of likely N-dealkylation sites (tertiary alicyclic amines) is 1. The zero-order valence-electron chi connectivity index (χ0n) is 11.7. The van der Waals surface area contributed by atoms with Crippen molar-refractivity contribution in [2.45, 2.75) is 70.5 Å². The first-order valence-corrected chi connectivity index (χ1v) is 7.46. The highest BCUT2D eigenvalue weighted by atomic mass is 16.2. The van der Waals surface area contributed by atoms with Crippen LogP contribution in [0.5, 0.6) is 0 Å². The van der Waals surface area contributed by atoms with Crippen molar-refractivity contribution in [3.63, 3.8) is 0 Å². The first-order valence-electron chi connectivity index (χ1n) is 7.46. The molecule has 1 atom stereocenters. The number of carbonyl (C=O) groups is 1. The van der Waals surface area contributed by atoms with Crippen LogP contribution in [0.15, 0.2) is 0 Å². The molecule has 2 N–H and O–H groups in total. The van der Waals surface area contributed by atoms with Crippen molar-refractivity contribution >= 4 is 6.03 Å². The summed E-state index contributed by atoms with van der Waals surface area (Å²) in [5.74, 6) is 0. The van der Waals surface area contributed by atoms with E-state index in [4.69, 9.17) is 0 Å². The molecule has 0 spiro atoms. The molecular weight excluding hydrogens is 226 g/mol. The summed E-state index contributed by atoms with van der Waals surface area (Å²) < 4.78 is 0. The standard InChI is InChI=1S/C14H27N3O/c1-11(2)15-14(18)16-12-8-9-17(10-12)13-6-4-3-5-7-13/h11-13H,3-10H2,1-2H3,(H2,15,16,18)/t12-/m1/s1. The lowest BCUT2D eigenvalue weighted by atomic mass is 9.94. The molecule has 0 aromatic heterocycles. The maximum atomic E-state index is 11.7. The SMILES string of the molecule is CC(C)NC(=O)N[C@@H]1CCN(C2CCCCC2)C1. The van der Waals surface area contributed by atoms with Crippen LogP contribution in [0, 0.1) is 0 Å². The van der Waals surface area contributed by atoms with E-state index >= 15 is 0 Å². The van der Waals surface area contributed by atoms with E-state index in [2.05, 4.69) is 15.5 Å². The number of hydrogen-bond acceptors (Lipinski definition) is 2. The average molecular weight is 253 g/mol. The van der Waals surface area contributed by atoms with E-state index < -0.39 is 0 Å². The van der Waals surface area contributed by atoms with Crippen LogP contribution >= 0.6 is 0 Å². The third kappa shape index (κ3) is 3.87. The zero-order valence-corrected chi connectivity index (χ0v) is 11.7. The Morgan fingerprint density at radius 3 is 2.56 bits per heavy atom. The lowest BCUT2D eigenvalue weighted by Crippen LogP contribution is -2.46. The van der Waals surface area contributed by atoms with Crippen molar-refractivity contribution in [1.82, 2.24) is 15.5 Å². The molecule has 0 aromatic rings. The summed E-state index contributed by atoms with van der Waals surface area (Å²) in [6.07, 6.45) is 7.97. The van der Waals surface area contributed by atoms with E-state index in [1.165, 1.54) is 32.1 Å². The summed E-state index contributed by atoms with van der Waals surface area (Å²) >= 11 is 0. The topological polar surface area (TPSA) is 44.4 Å². The van der Waals surface area contributed by atoms with E-state index in [0.29, 0.717) is 6.04 Å². The predicted molar refractivity (Wildman–Crippen MR) is 73.7 cm³/mol. The van der Waals surface area contributed by atoms with Gasteiger partial charge in [0, 0.05) is 31.2 Å². The lowest BCUT2D eigenvalue weighted by molar-refractivity contribution is 0.186. The van der Waals surface area contributed by atoms with Gasteiger partial charge in [-0.1, -0.05) is 19.3 Å². The molecule has 4 heteroatoms. The molecular formula is C14H27N3O. The van der Waals surface area contributed by atoms with E-state index in [-0.39, 0.29) is 12.1 Å². The second-order valence-electron chi connectivity index (χ2n) is 6.04. The highest BCUT2D eigenvalue weighted by Gasteiger charge is 2.29. The molecule has 104 valence electrons. The van der Waals surface area contributed by atoms with Crippen molar-refractivity contribution in [3.05, 3.63) is 0 Å². The molecule has 1 heterocycles. The second-order valence-corrected chi connectivity index (χ2v) is 6.04. The minimum Gasteiger partial charge on any atom is -0.336 e. The molecule has 2 amide bonds. The number of carbonyl (C=O) groups excluding carboxylic acids is 1. The normalized spacial score (nSPS) is 26.5. The van der Waals surface area contributed by atoms with Gasteiger partial charge in [0.15, 0.2) is 0 Å². The molecule has 1 saturated carbocycles. The van der Waals surface area contributed by atoms with Gasteiger partial charge in [-0.25, -0.2) is 4.79 Å². The summed E-state index contributed by atoms with van der Waals surface area (Å²) in [5.41, 5.74) is 0. The minimum absolute atomic E-state index is 0.0134. The van der Waals surface area contributed by atoms with E-state index in [1.807, 2.05) is 13.8 Å². The number of hydrogen-bond donors (Lipinski definition) is 2. The maximum Gasteiger partial charge on any atom is 0.315 e. The van der Waals surface area contributed by atoms with Crippen LogP contribution in [0.25, 0.3) is 0 Å². The number of nitrogens with zero attached hydrogens (tertiary/aromatic N) is 1. The molecule has 0 radical (unpaired) electrons. The second kappa shape index (κ2) is 6.41. The lowest BCUT2D eigenvalue weighted by Gasteiger charge is -2.31. The molecule has 1 aliphatic heterocycles. The molecule has 0 aromatic carbocycles. The van der Waals surface area contributed by atoms with Gasteiger partial charge >= 0.3 is 6.03 Å². The Morgan fingerprint density at radius 1 is 1.17 bits per heavy atom.